The Hall–Kier alpha value is -3.47. The molecule has 142 valence electrons. The van der Waals surface area contributed by atoms with Crippen molar-refractivity contribution in [2.45, 2.75) is 26.9 Å². The molecular formula is C23H24N3O2+. The third-order valence-corrected chi connectivity index (χ3v) is 4.57. The van der Waals surface area contributed by atoms with Gasteiger partial charge in [-0.1, -0.05) is 36.4 Å². The lowest BCUT2D eigenvalue weighted by Crippen LogP contribution is -2.40. The van der Waals surface area contributed by atoms with Crippen LogP contribution < -0.4 is 15.2 Å². The molecule has 0 unspecified atom stereocenters. The van der Waals surface area contributed by atoms with E-state index >= 15 is 0 Å². The van der Waals surface area contributed by atoms with E-state index in [1.165, 1.54) is 5.56 Å². The molecule has 5 nitrogen and oxygen atoms in total. The van der Waals surface area contributed by atoms with Gasteiger partial charge >= 0.3 is 0 Å². The van der Waals surface area contributed by atoms with Crippen molar-refractivity contribution in [3.63, 3.8) is 0 Å². The second-order valence-electron chi connectivity index (χ2n) is 6.77. The summed E-state index contributed by atoms with van der Waals surface area (Å²) < 4.78 is 1.74. The summed E-state index contributed by atoms with van der Waals surface area (Å²) in [4.78, 5) is 24.5. The van der Waals surface area contributed by atoms with E-state index in [2.05, 4.69) is 10.6 Å². The highest BCUT2D eigenvalue weighted by Gasteiger charge is 2.12. The molecule has 5 heteroatoms. The lowest BCUT2D eigenvalue weighted by Gasteiger charge is -2.07. The molecule has 3 aromatic rings. The number of carbonyl (C=O) groups is 2. The summed E-state index contributed by atoms with van der Waals surface area (Å²) in [5, 5.41) is 5.79. The molecule has 0 spiro atoms. The summed E-state index contributed by atoms with van der Waals surface area (Å²) in [5.41, 5.74) is 4.71. The monoisotopic (exact) mass is 374 g/mol. The quantitative estimate of drug-likeness (QED) is 0.651. The van der Waals surface area contributed by atoms with Crippen molar-refractivity contribution in [2.75, 3.05) is 5.32 Å². The van der Waals surface area contributed by atoms with Crippen LogP contribution in [0.15, 0.2) is 73.1 Å². The predicted molar refractivity (Wildman–Crippen MR) is 109 cm³/mol. The van der Waals surface area contributed by atoms with Gasteiger partial charge in [0, 0.05) is 24.4 Å². The van der Waals surface area contributed by atoms with Gasteiger partial charge < -0.3 is 10.6 Å². The summed E-state index contributed by atoms with van der Waals surface area (Å²) in [6.45, 7) is 4.71. The molecule has 2 aromatic carbocycles. The van der Waals surface area contributed by atoms with Crippen molar-refractivity contribution < 1.29 is 14.2 Å². The largest absolute Gasteiger partial charge is 0.348 e. The van der Waals surface area contributed by atoms with Crippen molar-refractivity contribution in [3.8, 4) is 0 Å². The van der Waals surface area contributed by atoms with Gasteiger partial charge in [-0.15, -0.1) is 0 Å². The number of carbonyl (C=O) groups excluding carboxylic acids is 2. The fraction of sp³-hybridized carbons (Fsp3) is 0.174. The number of nitrogens with one attached hydrogen (secondary N) is 2. The number of pyridine rings is 1. The van der Waals surface area contributed by atoms with E-state index in [9.17, 15) is 9.59 Å². The van der Waals surface area contributed by atoms with Crippen LogP contribution in [0.25, 0.3) is 0 Å². The molecule has 1 heterocycles. The molecule has 0 bridgehead atoms. The number of nitrogens with zero attached hydrogens (tertiary/aromatic N) is 1. The van der Waals surface area contributed by atoms with E-state index in [0.29, 0.717) is 12.1 Å². The molecule has 0 radical (unpaired) electrons. The molecule has 2 N–H and O–H groups in total. The smallest absolute Gasteiger partial charge is 0.290 e. The van der Waals surface area contributed by atoms with Crippen molar-refractivity contribution in [3.05, 3.63) is 95.3 Å². The van der Waals surface area contributed by atoms with Crippen LogP contribution in [-0.4, -0.2) is 11.8 Å². The van der Waals surface area contributed by atoms with Crippen molar-refractivity contribution in [2.24, 2.45) is 0 Å². The zero-order valence-corrected chi connectivity index (χ0v) is 16.1. The molecule has 28 heavy (non-hydrogen) atoms. The van der Waals surface area contributed by atoms with Gasteiger partial charge in [-0.25, -0.2) is 0 Å². The summed E-state index contributed by atoms with van der Waals surface area (Å²) >= 11 is 0. The molecule has 3 rings (SSSR count). The van der Waals surface area contributed by atoms with E-state index < -0.39 is 0 Å². The van der Waals surface area contributed by atoms with Crippen LogP contribution in [0.2, 0.25) is 0 Å². The topological polar surface area (TPSA) is 62.1 Å². The van der Waals surface area contributed by atoms with Crippen molar-refractivity contribution >= 4 is 17.5 Å². The lowest BCUT2D eigenvalue weighted by atomic mass is 10.1. The number of benzene rings is 2. The van der Waals surface area contributed by atoms with E-state index in [-0.39, 0.29) is 18.4 Å². The normalized spacial score (nSPS) is 10.4. The molecule has 0 saturated carbocycles. The van der Waals surface area contributed by atoms with E-state index in [0.717, 1.165) is 16.8 Å². The summed E-state index contributed by atoms with van der Waals surface area (Å²) in [6, 6.07) is 19.0. The molecule has 1 aromatic heterocycles. The molecular weight excluding hydrogens is 350 g/mol. The van der Waals surface area contributed by atoms with Gasteiger partial charge in [0.15, 0.2) is 12.4 Å². The third kappa shape index (κ3) is 5.27. The van der Waals surface area contributed by atoms with E-state index in [1.54, 1.807) is 29.1 Å². The zero-order valence-electron chi connectivity index (χ0n) is 16.1. The van der Waals surface area contributed by atoms with Gasteiger partial charge in [-0.3, -0.25) is 9.59 Å². The number of rotatable bonds is 6. The first-order valence-electron chi connectivity index (χ1n) is 9.19. The highest BCUT2D eigenvalue weighted by atomic mass is 16.2. The van der Waals surface area contributed by atoms with Gasteiger partial charge in [-0.2, -0.15) is 4.57 Å². The predicted octanol–water partition coefficient (Wildman–Crippen LogP) is 3.16. The Balaban J connectivity index is 1.53. The van der Waals surface area contributed by atoms with Crippen LogP contribution in [0.5, 0.6) is 0 Å². The van der Waals surface area contributed by atoms with Crippen LogP contribution in [0.4, 0.5) is 5.69 Å². The second kappa shape index (κ2) is 8.95. The maximum absolute atomic E-state index is 12.3. The first-order valence-corrected chi connectivity index (χ1v) is 9.19. The number of amides is 2. The van der Waals surface area contributed by atoms with Gasteiger partial charge in [-0.05, 0) is 42.7 Å². The average molecular weight is 374 g/mol. The Kier molecular flexibility index (Phi) is 6.17. The first-order chi connectivity index (χ1) is 13.5. The van der Waals surface area contributed by atoms with E-state index in [1.807, 2.05) is 62.4 Å². The van der Waals surface area contributed by atoms with Gasteiger partial charge in [0.1, 0.15) is 0 Å². The second-order valence-corrected chi connectivity index (χ2v) is 6.77. The molecule has 0 saturated heterocycles. The Morgan fingerprint density at radius 1 is 0.893 bits per heavy atom. The van der Waals surface area contributed by atoms with Gasteiger partial charge in [0.2, 0.25) is 6.54 Å². The first kappa shape index (κ1) is 19.3. The summed E-state index contributed by atoms with van der Waals surface area (Å²) in [6.07, 6.45) is 3.47. The van der Waals surface area contributed by atoms with E-state index in [4.69, 9.17) is 0 Å². The highest BCUT2D eigenvalue weighted by Crippen LogP contribution is 2.13. The SMILES string of the molecule is Cc1ccc(NC(=O)C[n+]2ccc(C(=O)NCc3ccccc3)cc2)cc1C. The molecule has 0 aliphatic rings. The molecule has 0 aliphatic heterocycles. The maximum atomic E-state index is 12.3. The summed E-state index contributed by atoms with van der Waals surface area (Å²) in [7, 11) is 0. The standard InChI is InChI=1S/C23H23N3O2/c1-17-8-9-21(14-18(17)2)25-22(27)16-26-12-10-20(11-13-26)23(28)24-15-19-6-4-3-5-7-19/h3-14H,15-16H2,1-2H3,(H-,24,25,27,28)/p+1. The van der Waals surface area contributed by atoms with Crippen molar-refractivity contribution in [1.29, 1.82) is 0 Å². The zero-order chi connectivity index (χ0) is 19.9. The minimum absolute atomic E-state index is 0.116. The third-order valence-electron chi connectivity index (χ3n) is 4.57. The molecule has 0 atom stereocenters. The Labute approximate surface area is 165 Å². The van der Waals surface area contributed by atoms with Gasteiger partial charge in [0.05, 0.1) is 5.56 Å². The molecule has 0 fully saturated rings. The fourth-order valence-corrected chi connectivity index (χ4v) is 2.78. The Morgan fingerprint density at radius 3 is 2.29 bits per heavy atom. The Morgan fingerprint density at radius 2 is 1.61 bits per heavy atom. The van der Waals surface area contributed by atoms with Crippen LogP contribution >= 0.6 is 0 Å². The van der Waals surface area contributed by atoms with Gasteiger partial charge in [0.25, 0.3) is 11.8 Å². The minimum atomic E-state index is -0.143. The summed E-state index contributed by atoms with van der Waals surface area (Å²) in [5.74, 6) is -0.259. The number of anilines is 1. The average Bonchev–Trinajstić information content (AvgIpc) is 2.70. The van der Waals surface area contributed by atoms with Crippen LogP contribution in [0, 0.1) is 13.8 Å². The van der Waals surface area contributed by atoms with Crippen LogP contribution in [0.1, 0.15) is 27.0 Å². The molecule has 0 aliphatic carbocycles. The molecule has 2 amide bonds. The maximum Gasteiger partial charge on any atom is 0.290 e. The number of aromatic nitrogens is 1. The number of aryl methyl sites for hydroxylation is 2. The lowest BCUT2D eigenvalue weighted by molar-refractivity contribution is -0.684. The number of hydrogen-bond acceptors (Lipinski definition) is 2. The fourth-order valence-electron chi connectivity index (χ4n) is 2.78. The minimum Gasteiger partial charge on any atom is -0.348 e. The van der Waals surface area contributed by atoms with Crippen molar-refractivity contribution in [1.82, 2.24) is 5.32 Å². The Bertz CT molecular complexity index is 967. The van der Waals surface area contributed by atoms with Crippen LogP contribution in [-0.2, 0) is 17.9 Å². The number of hydrogen-bond donors (Lipinski definition) is 2. The highest BCUT2D eigenvalue weighted by molar-refractivity contribution is 5.94. The van der Waals surface area contributed by atoms with Crippen LogP contribution in [0.3, 0.4) is 0 Å².